The lowest BCUT2D eigenvalue weighted by Gasteiger charge is -1.97. The molecule has 2 aromatic rings. The zero-order valence-electron chi connectivity index (χ0n) is 8.42. The number of nitrogens with zero attached hydrogens (tertiary/aromatic N) is 3. The summed E-state index contributed by atoms with van der Waals surface area (Å²) in [7, 11) is 1.83. The number of ketones is 1. The van der Waals surface area contributed by atoms with Crippen molar-refractivity contribution in [3.63, 3.8) is 0 Å². The van der Waals surface area contributed by atoms with E-state index in [0.717, 1.165) is 5.56 Å². The first kappa shape index (κ1) is 9.58. The van der Waals surface area contributed by atoms with Gasteiger partial charge in [0.05, 0.1) is 6.20 Å². The monoisotopic (exact) mass is 201 g/mol. The van der Waals surface area contributed by atoms with E-state index in [1.165, 1.54) is 0 Å². The Morgan fingerprint density at radius 1 is 1.40 bits per heavy atom. The summed E-state index contributed by atoms with van der Waals surface area (Å²) < 4.78 is 1.69. The zero-order valence-corrected chi connectivity index (χ0v) is 8.42. The highest BCUT2D eigenvalue weighted by molar-refractivity contribution is 5.97. The first-order valence-electron chi connectivity index (χ1n) is 4.66. The molecule has 0 amide bonds. The third-order valence-corrected chi connectivity index (χ3v) is 2.13. The van der Waals surface area contributed by atoms with Gasteiger partial charge in [-0.15, -0.1) is 0 Å². The van der Waals surface area contributed by atoms with Crippen LogP contribution in [0.4, 0.5) is 0 Å². The van der Waals surface area contributed by atoms with E-state index in [-0.39, 0.29) is 5.78 Å². The third-order valence-electron chi connectivity index (χ3n) is 2.13. The molecule has 0 aromatic carbocycles. The molecule has 0 bridgehead atoms. The van der Waals surface area contributed by atoms with E-state index < -0.39 is 0 Å². The summed E-state index contributed by atoms with van der Waals surface area (Å²) in [6.45, 7) is 0. The summed E-state index contributed by atoms with van der Waals surface area (Å²) in [4.78, 5) is 15.6. The summed E-state index contributed by atoms with van der Waals surface area (Å²) >= 11 is 0. The normalized spacial score (nSPS) is 10.2. The van der Waals surface area contributed by atoms with Gasteiger partial charge in [-0.05, 0) is 17.7 Å². The molecule has 0 saturated carbocycles. The Morgan fingerprint density at radius 3 is 2.73 bits per heavy atom. The van der Waals surface area contributed by atoms with Crippen molar-refractivity contribution in [2.45, 2.75) is 6.42 Å². The van der Waals surface area contributed by atoms with Crippen molar-refractivity contribution in [3.8, 4) is 0 Å². The van der Waals surface area contributed by atoms with Gasteiger partial charge >= 0.3 is 0 Å². The Bertz CT molecular complexity index is 462. The van der Waals surface area contributed by atoms with Crippen LogP contribution in [0.2, 0.25) is 0 Å². The van der Waals surface area contributed by atoms with Crippen LogP contribution in [0.15, 0.2) is 36.9 Å². The summed E-state index contributed by atoms with van der Waals surface area (Å²) in [5.74, 6) is 0.0883. The molecule has 0 N–H and O–H groups in total. The van der Waals surface area contributed by atoms with Crippen LogP contribution in [0.1, 0.15) is 15.9 Å². The van der Waals surface area contributed by atoms with Crippen LogP contribution in [0.25, 0.3) is 0 Å². The molecule has 0 atom stereocenters. The molecule has 0 aliphatic rings. The van der Waals surface area contributed by atoms with Crippen molar-refractivity contribution < 1.29 is 4.79 Å². The summed E-state index contributed by atoms with van der Waals surface area (Å²) in [6.07, 6.45) is 7.18. The van der Waals surface area contributed by atoms with Crippen LogP contribution in [0, 0.1) is 0 Å². The van der Waals surface area contributed by atoms with Crippen LogP contribution >= 0.6 is 0 Å². The molecule has 0 unspecified atom stereocenters. The lowest BCUT2D eigenvalue weighted by molar-refractivity contribution is 0.0993. The minimum Gasteiger partial charge on any atom is -0.294 e. The predicted molar refractivity (Wildman–Crippen MR) is 55.5 cm³/mol. The van der Waals surface area contributed by atoms with Crippen LogP contribution in [-0.4, -0.2) is 20.5 Å². The maximum absolute atomic E-state index is 11.8. The summed E-state index contributed by atoms with van der Waals surface area (Å²) in [6, 6.07) is 3.44. The largest absolute Gasteiger partial charge is 0.294 e. The van der Waals surface area contributed by atoms with Gasteiger partial charge in [-0.2, -0.15) is 5.10 Å². The van der Waals surface area contributed by atoms with Crippen molar-refractivity contribution in [2.24, 2.45) is 7.05 Å². The van der Waals surface area contributed by atoms with E-state index in [0.29, 0.717) is 12.0 Å². The molecule has 4 heteroatoms. The van der Waals surface area contributed by atoms with Crippen molar-refractivity contribution >= 4 is 5.78 Å². The Balaban J connectivity index is 2.11. The molecule has 4 nitrogen and oxygen atoms in total. The lowest BCUT2D eigenvalue weighted by atomic mass is 10.1. The molecule has 2 rings (SSSR count). The second-order valence-corrected chi connectivity index (χ2v) is 3.36. The predicted octanol–water partition coefficient (Wildman–Crippen LogP) is 1.24. The highest BCUT2D eigenvalue weighted by Gasteiger charge is 2.07. The quantitative estimate of drug-likeness (QED) is 0.702. The van der Waals surface area contributed by atoms with Gasteiger partial charge in [-0.3, -0.25) is 14.5 Å². The molecule has 0 spiro atoms. The molecule has 76 valence electrons. The van der Waals surface area contributed by atoms with Gasteiger partial charge in [0, 0.05) is 37.6 Å². The molecule has 0 aliphatic carbocycles. The molecule has 0 fully saturated rings. The van der Waals surface area contributed by atoms with Crippen molar-refractivity contribution in [1.29, 1.82) is 0 Å². The van der Waals surface area contributed by atoms with Gasteiger partial charge in [0.2, 0.25) is 0 Å². The topological polar surface area (TPSA) is 47.8 Å². The number of aryl methyl sites for hydroxylation is 1. The van der Waals surface area contributed by atoms with Gasteiger partial charge in [-0.1, -0.05) is 0 Å². The zero-order chi connectivity index (χ0) is 10.7. The van der Waals surface area contributed by atoms with Crippen molar-refractivity contribution in [2.75, 3.05) is 0 Å². The number of Topliss-reactive ketones (excluding diaryl/α,β-unsaturated/α-hetero) is 1. The molecular formula is C11H11N3O. The van der Waals surface area contributed by atoms with Gasteiger partial charge < -0.3 is 0 Å². The second kappa shape index (κ2) is 4.04. The van der Waals surface area contributed by atoms with Crippen LogP contribution < -0.4 is 0 Å². The molecule has 0 saturated heterocycles. The third kappa shape index (κ3) is 2.28. The van der Waals surface area contributed by atoms with E-state index in [2.05, 4.69) is 10.1 Å². The van der Waals surface area contributed by atoms with E-state index in [9.17, 15) is 4.79 Å². The number of aromatic nitrogens is 3. The Hall–Kier alpha value is -1.97. The van der Waals surface area contributed by atoms with Crippen molar-refractivity contribution in [3.05, 3.63) is 48.0 Å². The smallest absolute Gasteiger partial charge is 0.167 e. The lowest BCUT2D eigenvalue weighted by Crippen LogP contribution is -2.02. The van der Waals surface area contributed by atoms with E-state index >= 15 is 0 Å². The maximum atomic E-state index is 11.8. The van der Waals surface area contributed by atoms with Crippen LogP contribution in [0.3, 0.4) is 0 Å². The van der Waals surface area contributed by atoms with Crippen molar-refractivity contribution in [1.82, 2.24) is 14.8 Å². The first-order valence-corrected chi connectivity index (χ1v) is 4.66. The van der Waals surface area contributed by atoms with Crippen LogP contribution in [-0.2, 0) is 13.5 Å². The fraction of sp³-hybridized carbons (Fsp3) is 0.182. The standard InChI is InChI=1S/C11H11N3O/c1-14-8-9(7-13-14)6-11(15)10-2-4-12-5-3-10/h2-5,7-8H,6H2,1H3. The fourth-order valence-corrected chi connectivity index (χ4v) is 1.39. The average Bonchev–Trinajstić information content (AvgIpc) is 2.65. The fourth-order valence-electron chi connectivity index (χ4n) is 1.39. The number of hydrogen-bond acceptors (Lipinski definition) is 3. The maximum Gasteiger partial charge on any atom is 0.167 e. The van der Waals surface area contributed by atoms with E-state index in [1.54, 1.807) is 35.4 Å². The molecule has 0 radical (unpaired) electrons. The Kier molecular flexibility index (Phi) is 2.58. The molecule has 2 heterocycles. The number of rotatable bonds is 3. The number of carbonyl (C=O) groups excluding carboxylic acids is 1. The van der Waals surface area contributed by atoms with Crippen LogP contribution in [0.5, 0.6) is 0 Å². The Labute approximate surface area is 87.6 Å². The average molecular weight is 201 g/mol. The SMILES string of the molecule is Cn1cc(CC(=O)c2ccncc2)cn1. The number of carbonyl (C=O) groups is 1. The molecular weight excluding hydrogens is 190 g/mol. The van der Waals surface area contributed by atoms with Gasteiger partial charge in [0.15, 0.2) is 5.78 Å². The molecule has 2 aromatic heterocycles. The van der Waals surface area contributed by atoms with E-state index in [1.807, 2.05) is 13.2 Å². The minimum absolute atomic E-state index is 0.0883. The number of pyridine rings is 1. The first-order chi connectivity index (χ1) is 7.25. The molecule has 15 heavy (non-hydrogen) atoms. The summed E-state index contributed by atoms with van der Waals surface area (Å²) in [5.41, 5.74) is 1.62. The molecule has 0 aliphatic heterocycles. The highest BCUT2D eigenvalue weighted by atomic mass is 16.1. The van der Waals surface area contributed by atoms with E-state index in [4.69, 9.17) is 0 Å². The highest BCUT2D eigenvalue weighted by Crippen LogP contribution is 2.05. The second-order valence-electron chi connectivity index (χ2n) is 3.36. The van der Waals surface area contributed by atoms with Gasteiger partial charge in [0.25, 0.3) is 0 Å². The van der Waals surface area contributed by atoms with Gasteiger partial charge in [-0.25, -0.2) is 0 Å². The Morgan fingerprint density at radius 2 is 2.13 bits per heavy atom. The minimum atomic E-state index is 0.0883. The summed E-state index contributed by atoms with van der Waals surface area (Å²) in [5, 5.41) is 4.02. The van der Waals surface area contributed by atoms with Gasteiger partial charge in [0.1, 0.15) is 0 Å². The number of hydrogen-bond donors (Lipinski definition) is 0.